The van der Waals surface area contributed by atoms with Crippen molar-refractivity contribution in [3.63, 3.8) is 0 Å². The summed E-state index contributed by atoms with van der Waals surface area (Å²) in [5.74, 6) is 1.85. The van der Waals surface area contributed by atoms with Gasteiger partial charge >= 0.3 is 0 Å². The molecule has 4 nitrogen and oxygen atoms in total. The van der Waals surface area contributed by atoms with E-state index in [2.05, 4.69) is 0 Å². The lowest BCUT2D eigenvalue weighted by Gasteiger charge is -2.17. The van der Waals surface area contributed by atoms with Crippen molar-refractivity contribution in [3.05, 3.63) is 16.7 Å². The molecular formula is C14H17NO3. The topological polar surface area (TPSA) is 64.7 Å². The summed E-state index contributed by atoms with van der Waals surface area (Å²) < 4.78 is 11.3. The van der Waals surface area contributed by atoms with E-state index in [9.17, 15) is 5.11 Å². The van der Waals surface area contributed by atoms with Crippen molar-refractivity contribution in [2.45, 2.75) is 37.6 Å². The number of hydrogen-bond donors (Lipinski definition) is 2. The second kappa shape index (κ2) is 3.32. The Morgan fingerprint density at radius 1 is 1.06 bits per heavy atom. The molecule has 0 saturated heterocycles. The van der Waals surface area contributed by atoms with Gasteiger partial charge in [0.2, 0.25) is 0 Å². The first kappa shape index (κ1) is 10.5. The summed E-state index contributed by atoms with van der Waals surface area (Å²) in [6.45, 7) is 1.30. The van der Waals surface area contributed by atoms with Crippen LogP contribution in [0.25, 0.3) is 0 Å². The number of nitrogens with two attached hydrogens (primary N) is 1. The molecule has 3 aliphatic rings. The summed E-state index contributed by atoms with van der Waals surface area (Å²) in [7, 11) is 0. The zero-order valence-electron chi connectivity index (χ0n) is 10.3. The van der Waals surface area contributed by atoms with Crippen molar-refractivity contribution >= 4 is 0 Å². The van der Waals surface area contributed by atoms with Crippen LogP contribution in [0.15, 0.2) is 0 Å². The van der Waals surface area contributed by atoms with Crippen molar-refractivity contribution < 1.29 is 14.6 Å². The summed E-state index contributed by atoms with van der Waals surface area (Å²) >= 11 is 0. The first-order chi connectivity index (χ1) is 8.68. The van der Waals surface area contributed by atoms with Gasteiger partial charge in [-0.25, -0.2) is 0 Å². The monoisotopic (exact) mass is 247 g/mol. The lowest BCUT2D eigenvalue weighted by molar-refractivity contribution is 0.333. The maximum absolute atomic E-state index is 10.2. The lowest BCUT2D eigenvalue weighted by Crippen LogP contribution is -2.25. The molecule has 0 radical (unpaired) electrons. The fourth-order valence-corrected chi connectivity index (χ4v) is 3.06. The van der Waals surface area contributed by atoms with Crippen LogP contribution in [0.5, 0.6) is 17.2 Å². The van der Waals surface area contributed by atoms with Crippen molar-refractivity contribution in [3.8, 4) is 17.2 Å². The third-order valence-electron chi connectivity index (χ3n) is 4.31. The van der Waals surface area contributed by atoms with Crippen LogP contribution in [-0.2, 0) is 19.3 Å². The van der Waals surface area contributed by atoms with Gasteiger partial charge in [-0.15, -0.1) is 0 Å². The number of ether oxygens (including phenoxy) is 2. The van der Waals surface area contributed by atoms with E-state index < -0.39 is 0 Å². The summed E-state index contributed by atoms with van der Waals surface area (Å²) in [4.78, 5) is 0. The molecule has 0 aromatic heterocycles. The molecule has 0 unspecified atom stereocenters. The van der Waals surface area contributed by atoms with Gasteiger partial charge in [0.05, 0.1) is 13.2 Å². The molecule has 1 saturated carbocycles. The van der Waals surface area contributed by atoms with Crippen LogP contribution in [-0.4, -0.2) is 23.9 Å². The van der Waals surface area contributed by atoms with Crippen LogP contribution in [0.3, 0.4) is 0 Å². The smallest absolute Gasteiger partial charge is 0.165 e. The first-order valence-electron chi connectivity index (χ1n) is 6.62. The van der Waals surface area contributed by atoms with Crippen LogP contribution in [0, 0.1) is 0 Å². The number of aromatic hydroxyl groups is 1. The average molecular weight is 247 g/mol. The Bertz CT molecular complexity index is 499. The number of benzene rings is 1. The van der Waals surface area contributed by atoms with Gasteiger partial charge in [-0.1, -0.05) is 0 Å². The van der Waals surface area contributed by atoms with Crippen LogP contribution >= 0.6 is 0 Å². The fourth-order valence-electron chi connectivity index (χ4n) is 3.06. The number of hydrogen-bond acceptors (Lipinski definition) is 4. The van der Waals surface area contributed by atoms with Gasteiger partial charge in [0.1, 0.15) is 5.75 Å². The van der Waals surface area contributed by atoms with Crippen molar-refractivity contribution in [1.29, 1.82) is 0 Å². The van der Waals surface area contributed by atoms with Crippen LogP contribution in [0.2, 0.25) is 0 Å². The minimum Gasteiger partial charge on any atom is -0.504 e. The van der Waals surface area contributed by atoms with Crippen LogP contribution in [0.4, 0.5) is 0 Å². The van der Waals surface area contributed by atoms with E-state index in [0.29, 0.717) is 24.7 Å². The zero-order valence-corrected chi connectivity index (χ0v) is 10.3. The Morgan fingerprint density at radius 3 is 2.44 bits per heavy atom. The number of rotatable bonds is 2. The molecule has 2 aliphatic heterocycles. The third kappa shape index (κ3) is 1.35. The van der Waals surface area contributed by atoms with Crippen molar-refractivity contribution in [2.75, 3.05) is 13.2 Å². The molecule has 2 heterocycles. The van der Waals surface area contributed by atoms with E-state index in [-0.39, 0.29) is 5.54 Å². The van der Waals surface area contributed by atoms with Crippen molar-refractivity contribution in [1.82, 2.24) is 0 Å². The lowest BCUT2D eigenvalue weighted by atomic mass is 9.93. The molecule has 96 valence electrons. The number of fused-ring (bicyclic) bond motifs is 2. The molecule has 18 heavy (non-hydrogen) atoms. The van der Waals surface area contributed by atoms with Crippen LogP contribution in [0.1, 0.15) is 29.5 Å². The van der Waals surface area contributed by atoms with Gasteiger partial charge in [0, 0.05) is 35.1 Å². The molecule has 3 N–H and O–H groups in total. The number of phenols is 1. The number of phenolic OH excluding ortho intramolecular Hbond substituents is 1. The molecule has 0 spiro atoms. The first-order valence-corrected chi connectivity index (χ1v) is 6.62. The molecule has 4 rings (SSSR count). The Kier molecular flexibility index (Phi) is 1.94. The Balaban J connectivity index is 1.90. The third-order valence-corrected chi connectivity index (χ3v) is 4.31. The highest BCUT2D eigenvalue weighted by Crippen LogP contribution is 2.50. The molecule has 1 aromatic rings. The van der Waals surface area contributed by atoms with E-state index in [4.69, 9.17) is 15.2 Å². The van der Waals surface area contributed by atoms with Gasteiger partial charge in [0.25, 0.3) is 0 Å². The molecular weight excluding hydrogens is 230 g/mol. The second-order valence-corrected chi connectivity index (χ2v) is 5.68. The minimum absolute atomic E-state index is 0.0486. The maximum atomic E-state index is 10.2. The van der Waals surface area contributed by atoms with Gasteiger partial charge in [-0.3, -0.25) is 0 Å². The quantitative estimate of drug-likeness (QED) is 0.826. The largest absolute Gasteiger partial charge is 0.504 e. The highest BCUT2D eigenvalue weighted by atomic mass is 16.5. The molecule has 0 amide bonds. The van der Waals surface area contributed by atoms with E-state index in [1.165, 1.54) is 5.56 Å². The standard InChI is InChI=1S/C14H17NO3/c15-14(3-4-14)7-10-8-1-5-18-13(8)11(16)9-2-6-17-12(9)10/h16H,1-7,15H2. The highest BCUT2D eigenvalue weighted by Gasteiger charge is 2.42. The van der Waals surface area contributed by atoms with Gasteiger partial charge in [0.15, 0.2) is 11.5 Å². The summed E-state index contributed by atoms with van der Waals surface area (Å²) in [5, 5.41) is 10.2. The predicted octanol–water partition coefficient (Wildman–Crippen LogP) is 1.30. The van der Waals surface area contributed by atoms with Gasteiger partial charge in [-0.2, -0.15) is 0 Å². The Labute approximate surface area is 106 Å². The fraction of sp³-hybridized carbons (Fsp3) is 0.571. The predicted molar refractivity (Wildman–Crippen MR) is 66.4 cm³/mol. The van der Waals surface area contributed by atoms with E-state index in [0.717, 1.165) is 49.0 Å². The van der Waals surface area contributed by atoms with Gasteiger partial charge < -0.3 is 20.3 Å². The van der Waals surface area contributed by atoms with Crippen molar-refractivity contribution in [2.24, 2.45) is 5.73 Å². The van der Waals surface area contributed by atoms with E-state index >= 15 is 0 Å². The molecule has 4 heteroatoms. The maximum Gasteiger partial charge on any atom is 0.165 e. The van der Waals surface area contributed by atoms with E-state index in [1.54, 1.807) is 0 Å². The molecule has 0 bridgehead atoms. The summed E-state index contributed by atoms with van der Waals surface area (Å²) in [5.41, 5.74) is 9.41. The summed E-state index contributed by atoms with van der Waals surface area (Å²) in [6, 6.07) is 0. The molecule has 0 atom stereocenters. The normalized spacial score (nSPS) is 22.1. The summed E-state index contributed by atoms with van der Waals surface area (Å²) in [6.07, 6.45) is 4.63. The van der Waals surface area contributed by atoms with E-state index in [1.807, 2.05) is 0 Å². The Hall–Kier alpha value is -1.42. The zero-order chi connectivity index (χ0) is 12.3. The average Bonchev–Trinajstić information content (AvgIpc) is 2.87. The SMILES string of the molecule is NC1(Cc2c3c(c(O)c4c2OCC4)OCC3)CC1. The highest BCUT2D eigenvalue weighted by molar-refractivity contribution is 5.65. The minimum atomic E-state index is -0.0486. The second-order valence-electron chi connectivity index (χ2n) is 5.68. The molecule has 1 fully saturated rings. The Morgan fingerprint density at radius 2 is 1.72 bits per heavy atom. The van der Waals surface area contributed by atoms with Crippen LogP contribution < -0.4 is 15.2 Å². The molecule has 1 aromatic carbocycles. The molecule has 1 aliphatic carbocycles. The van der Waals surface area contributed by atoms with Gasteiger partial charge in [-0.05, 0) is 19.3 Å².